The predicted octanol–water partition coefficient (Wildman–Crippen LogP) is 4.63. The van der Waals surface area contributed by atoms with E-state index in [0.717, 1.165) is 40.8 Å². The number of amides is 1. The van der Waals surface area contributed by atoms with E-state index < -0.39 is 0 Å². The molecule has 0 spiro atoms. The van der Waals surface area contributed by atoms with Gasteiger partial charge in [-0.3, -0.25) is 4.79 Å². The summed E-state index contributed by atoms with van der Waals surface area (Å²) < 4.78 is 0. The number of anilines is 2. The molecule has 25 heavy (non-hydrogen) atoms. The maximum absolute atomic E-state index is 12.1. The molecule has 1 saturated heterocycles. The Hall–Kier alpha value is -2.59. The number of pyridine rings is 1. The van der Waals surface area contributed by atoms with Crippen LogP contribution in [0.1, 0.15) is 18.4 Å². The van der Waals surface area contributed by atoms with E-state index in [1.165, 1.54) is 0 Å². The fourth-order valence-electron chi connectivity index (χ4n) is 3.21. The van der Waals surface area contributed by atoms with Gasteiger partial charge >= 0.3 is 0 Å². The minimum absolute atomic E-state index is 0.180. The summed E-state index contributed by atoms with van der Waals surface area (Å²) >= 11 is 6.34. The van der Waals surface area contributed by atoms with Gasteiger partial charge in [0.15, 0.2) is 0 Å². The molecule has 0 radical (unpaired) electrons. The molecule has 1 amide bonds. The maximum Gasteiger partial charge on any atom is 0.227 e. The van der Waals surface area contributed by atoms with E-state index in [9.17, 15) is 4.79 Å². The van der Waals surface area contributed by atoms with Crippen LogP contribution in [0.3, 0.4) is 0 Å². The van der Waals surface area contributed by atoms with E-state index in [1.54, 1.807) is 0 Å². The van der Waals surface area contributed by atoms with Crippen LogP contribution >= 0.6 is 11.6 Å². The van der Waals surface area contributed by atoms with Gasteiger partial charge in [-0.1, -0.05) is 41.9 Å². The van der Waals surface area contributed by atoms with Crippen LogP contribution in [0, 0.1) is 0 Å². The van der Waals surface area contributed by atoms with Gasteiger partial charge in [0.05, 0.1) is 16.9 Å². The number of hydrogen-bond acceptors (Lipinski definition) is 3. The molecule has 1 aliphatic rings. The lowest BCUT2D eigenvalue weighted by Crippen LogP contribution is -2.24. The third-order valence-electron chi connectivity index (χ3n) is 4.49. The second-order valence-electron chi connectivity index (χ2n) is 6.15. The van der Waals surface area contributed by atoms with Crippen LogP contribution < -0.4 is 10.2 Å². The predicted molar refractivity (Wildman–Crippen MR) is 102 cm³/mol. The highest BCUT2D eigenvalue weighted by atomic mass is 35.5. The Morgan fingerprint density at radius 3 is 2.76 bits per heavy atom. The summed E-state index contributed by atoms with van der Waals surface area (Å²) in [4.78, 5) is 18.4. The lowest BCUT2D eigenvalue weighted by atomic mass is 10.1. The fraction of sp³-hybridized carbons (Fsp3) is 0.200. The third-order valence-corrected chi connectivity index (χ3v) is 4.81. The van der Waals surface area contributed by atoms with Gasteiger partial charge in [0.1, 0.15) is 5.15 Å². The van der Waals surface area contributed by atoms with Crippen molar-refractivity contribution in [1.29, 1.82) is 0 Å². The summed E-state index contributed by atoms with van der Waals surface area (Å²) in [6.45, 7) is 1.32. The van der Waals surface area contributed by atoms with Crippen molar-refractivity contribution in [2.75, 3.05) is 16.8 Å². The van der Waals surface area contributed by atoms with Gasteiger partial charge < -0.3 is 10.2 Å². The zero-order valence-corrected chi connectivity index (χ0v) is 14.5. The zero-order valence-electron chi connectivity index (χ0n) is 13.7. The highest BCUT2D eigenvalue weighted by Gasteiger charge is 2.23. The number of para-hydroxylation sites is 3. The van der Waals surface area contributed by atoms with Crippen molar-refractivity contribution in [3.05, 3.63) is 65.3 Å². The summed E-state index contributed by atoms with van der Waals surface area (Å²) in [6, 6.07) is 17.9. The molecule has 4 nitrogen and oxygen atoms in total. The lowest BCUT2D eigenvalue weighted by Gasteiger charge is -2.20. The van der Waals surface area contributed by atoms with Gasteiger partial charge in [-0.15, -0.1) is 0 Å². The van der Waals surface area contributed by atoms with E-state index in [4.69, 9.17) is 11.6 Å². The normalized spacial score (nSPS) is 14.3. The van der Waals surface area contributed by atoms with Gasteiger partial charge in [0, 0.05) is 30.5 Å². The summed E-state index contributed by atoms with van der Waals surface area (Å²) in [5, 5.41) is 4.98. The molecule has 126 valence electrons. The Kier molecular flexibility index (Phi) is 4.28. The monoisotopic (exact) mass is 351 g/mol. The summed E-state index contributed by atoms with van der Waals surface area (Å²) in [6.07, 6.45) is 1.53. The van der Waals surface area contributed by atoms with Crippen LogP contribution in [0.4, 0.5) is 11.4 Å². The number of aromatic nitrogens is 1. The average Bonchev–Trinajstić information content (AvgIpc) is 3.06. The van der Waals surface area contributed by atoms with Crippen LogP contribution in [-0.2, 0) is 11.3 Å². The number of fused-ring (bicyclic) bond motifs is 1. The standard InChI is InChI=1S/C20H18ClN3O/c21-20-15(12-14-6-1-2-7-16(14)23-20)13-22-17-8-3-4-9-18(17)24-11-5-10-19(24)25/h1-4,6-9,12,22H,5,10-11,13H2. The minimum Gasteiger partial charge on any atom is -0.379 e. The SMILES string of the molecule is O=C1CCCN1c1ccccc1NCc1cc2ccccc2nc1Cl. The second kappa shape index (κ2) is 6.73. The Morgan fingerprint density at radius 1 is 1.12 bits per heavy atom. The fourth-order valence-corrected chi connectivity index (χ4v) is 3.42. The van der Waals surface area contributed by atoms with Crippen LogP contribution in [-0.4, -0.2) is 17.4 Å². The molecule has 1 aliphatic heterocycles. The molecule has 0 atom stereocenters. The molecule has 1 aromatic heterocycles. The van der Waals surface area contributed by atoms with Crippen LogP contribution in [0.2, 0.25) is 5.15 Å². The number of carbonyl (C=O) groups excluding carboxylic acids is 1. The summed E-state index contributed by atoms with van der Waals surface area (Å²) in [7, 11) is 0. The Balaban J connectivity index is 1.60. The highest BCUT2D eigenvalue weighted by molar-refractivity contribution is 6.30. The van der Waals surface area contributed by atoms with Crippen molar-refractivity contribution in [2.45, 2.75) is 19.4 Å². The number of rotatable bonds is 4. The summed E-state index contributed by atoms with van der Waals surface area (Å²) in [5.74, 6) is 0.180. The molecule has 0 aliphatic carbocycles. The van der Waals surface area contributed by atoms with Crippen molar-refractivity contribution in [1.82, 2.24) is 4.98 Å². The maximum atomic E-state index is 12.1. The van der Waals surface area contributed by atoms with Crippen molar-refractivity contribution < 1.29 is 4.79 Å². The van der Waals surface area contributed by atoms with Gasteiger partial charge in [-0.2, -0.15) is 0 Å². The molecular weight excluding hydrogens is 334 g/mol. The van der Waals surface area contributed by atoms with Crippen LogP contribution in [0.25, 0.3) is 10.9 Å². The molecule has 0 bridgehead atoms. The van der Waals surface area contributed by atoms with Crippen LogP contribution in [0.15, 0.2) is 54.6 Å². The molecular formula is C20H18ClN3O. The molecule has 0 unspecified atom stereocenters. The summed E-state index contributed by atoms with van der Waals surface area (Å²) in [5.41, 5.74) is 3.68. The number of nitrogens with zero attached hydrogens (tertiary/aromatic N) is 2. The molecule has 5 heteroatoms. The number of carbonyl (C=O) groups is 1. The van der Waals surface area contributed by atoms with Gasteiger partial charge in [-0.05, 0) is 30.7 Å². The van der Waals surface area contributed by atoms with Gasteiger partial charge in [0.25, 0.3) is 0 Å². The molecule has 1 fully saturated rings. The molecule has 2 heterocycles. The van der Waals surface area contributed by atoms with Crippen molar-refractivity contribution >= 4 is 39.8 Å². The first-order valence-corrected chi connectivity index (χ1v) is 8.77. The van der Waals surface area contributed by atoms with Crippen molar-refractivity contribution in [3.63, 3.8) is 0 Å². The quantitative estimate of drug-likeness (QED) is 0.697. The van der Waals surface area contributed by atoms with Crippen LogP contribution in [0.5, 0.6) is 0 Å². The van der Waals surface area contributed by atoms with E-state index in [-0.39, 0.29) is 5.91 Å². The smallest absolute Gasteiger partial charge is 0.227 e. The number of halogens is 1. The molecule has 0 saturated carbocycles. The van der Waals surface area contributed by atoms with E-state index in [2.05, 4.69) is 16.4 Å². The zero-order chi connectivity index (χ0) is 17.2. The first-order chi connectivity index (χ1) is 12.2. The molecule has 1 N–H and O–H groups in total. The molecule has 4 rings (SSSR count). The average molecular weight is 352 g/mol. The molecule has 3 aromatic rings. The van der Waals surface area contributed by atoms with E-state index in [1.807, 2.05) is 53.4 Å². The Bertz CT molecular complexity index is 941. The van der Waals surface area contributed by atoms with Gasteiger partial charge in [-0.25, -0.2) is 4.98 Å². The van der Waals surface area contributed by atoms with Crippen molar-refractivity contribution in [3.8, 4) is 0 Å². The number of nitrogens with one attached hydrogen (secondary N) is 1. The number of benzene rings is 2. The topological polar surface area (TPSA) is 45.2 Å². The largest absolute Gasteiger partial charge is 0.379 e. The van der Waals surface area contributed by atoms with E-state index >= 15 is 0 Å². The number of hydrogen-bond donors (Lipinski definition) is 1. The highest BCUT2D eigenvalue weighted by Crippen LogP contribution is 2.30. The second-order valence-corrected chi connectivity index (χ2v) is 6.51. The Morgan fingerprint density at radius 2 is 1.92 bits per heavy atom. The third kappa shape index (κ3) is 3.17. The Labute approximate surface area is 151 Å². The first kappa shape index (κ1) is 15.9. The van der Waals surface area contributed by atoms with Crippen molar-refractivity contribution in [2.24, 2.45) is 0 Å². The molecule has 2 aromatic carbocycles. The van der Waals surface area contributed by atoms with E-state index in [0.29, 0.717) is 18.1 Å². The first-order valence-electron chi connectivity index (χ1n) is 8.40. The van der Waals surface area contributed by atoms with Gasteiger partial charge in [0.2, 0.25) is 5.91 Å². The lowest BCUT2D eigenvalue weighted by molar-refractivity contribution is -0.117. The minimum atomic E-state index is 0.180.